The maximum absolute atomic E-state index is 10.7. The normalized spacial score (nSPS) is 23.5. The molecule has 2 rings (SSSR count). The van der Waals surface area contributed by atoms with Crippen molar-refractivity contribution in [3.63, 3.8) is 0 Å². The number of hydrogen-bond donors (Lipinski definition) is 1. The van der Waals surface area contributed by atoms with E-state index in [1.807, 2.05) is 11.6 Å². The van der Waals surface area contributed by atoms with Crippen molar-refractivity contribution in [2.24, 2.45) is 5.92 Å². The van der Waals surface area contributed by atoms with Gasteiger partial charge < -0.3 is 5.11 Å². The number of carbonyl (C=O) groups is 1. The van der Waals surface area contributed by atoms with Gasteiger partial charge in [-0.15, -0.1) is 11.3 Å². The first-order valence-corrected chi connectivity index (χ1v) is 6.90. The molecule has 1 aliphatic heterocycles. The van der Waals surface area contributed by atoms with E-state index in [4.69, 9.17) is 5.11 Å². The van der Waals surface area contributed by atoms with Crippen LogP contribution in [0, 0.1) is 5.92 Å². The molecule has 0 radical (unpaired) electrons. The molecule has 4 nitrogen and oxygen atoms in total. The molecule has 1 saturated heterocycles. The standard InChI is InChI=1S/C12H18N2O2S/c1-9(12-13-4-6-17-12)14-5-2-3-10(8-14)7-11(15)16/h4,6,9-10H,2-3,5,7-8H2,1H3,(H,15,16). The van der Waals surface area contributed by atoms with E-state index < -0.39 is 5.97 Å². The van der Waals surface area contributed by atoms with Gasteiger partial charge in [0.15, 0.2) is 0 Å². The molecule has 0 saturated carbocycles. The fourth-order valence-electron chi connectivity index (χ4n) is 2.46. The molecule has 1 aliphatic rings. The largest absolute Gasteiger partial charge is 0.481 e. The first-order chi connectivity index (χ1) is 8.16. The molecule has 2 atom stereocenters. The van der Waals surface area contributed by atoms with Crippen molar-refractivity contribution in [3.05, 3.63) is 16.6 Å². The van der Waals surface area contributed by atoms with E-state index >= 15 is 0 Å². The van der Waals surface area contributed by atoms with Gasteiger partial charge in [-0.05, 0) is 32.2 Å². The van der Waals surface area contributed by atoms with Gasteiger partial charge in [-0.3, -0.25) is 9.69 Å². The summed E-state index contributed by atoms with van der Waals surface area (Å²) in [6.45, 7) is 4.09. The van der Waals surface area contributed by atoms with Gasteiger partial charge in [0.2, 0.25) is 0 Å². The van der Waals surface area contributed by atoms with Crippen molar-refractivity contribution in [2.45, 2.75) is 32.2 Å². The highest BCUT2D eigenvalue weighted by molar-refractivity contribution is 7.09. The van der Waals surface area contributed by atoms with Crippen LogP contribution in [-0.2, 0) is 4.79 Å². The molecule has 0 aliphatic carbocycles. The molecule has 0 bridgehead atoms. The lowest BCUT2D eigenvalue weighted by molar-refractivity contribution is -0.138. The number of piperidine rings is 1. The zero-order chi connectivity index (χ0) is 12.3. The Kier molecular flexibility index (Phi) is 4.12. The summed E-state index contributed by atoms with van der Waals surface area (Å²) in [7, 11) is 0. The van der Waals surface area contributed by atoms with E-state index in [-0.39, 0.29) is 0 Å². The van der Waals surface area contributed by atoms with Crippen molar-refractivity contribution < 1.29 is 9.90 Å². The average Bonchev–Trinajstić information content (AvgIpc) is 2.81. The molecule has 1 N–H and O–H groups in total. The van der Waals surface area contributed by atoms with Gasteiger partial charge in [0, 0.05) is 24.5 Å². The fraction of sp³-hybridized carbons (Fsp3) is 0.667. The van der Waals surface area contributed by atoms with Gasteiger partial charge >= 0.3 is 5.97 Å². The Hall–Kier alpha value is -0.940. The summed E-state index contributed by atoms with van der Waals surface area (Å²) in [6.07, 6.45) is 4.25. The monoisotopic (exact) mass is 254 g/mol. The van der Waals surface area contributed by atoms with Crippen molar-refractivity contribution in [3.8, 4) is 0 Å². The second kappa shape index (κ2) is 5.60. The van der Waals surface area contributed by atoms with Crippen molar-refractivity contribution in [1.82, 2.24) is 9.88 Å². The minimum Gasteiger partial charge on any atom is -0.481 e. The molecule has 1 fully saturated rings. The predicted molar refractivity (Wildman–Crippen MR) is 67.1 cm³/mol. The Morgan fingerprint density at radius 2 is 2.59 bits per heavy atom. The molecular formula is C12H18N2O2S. The summed E-state index contributed by atoms with van der Waals surface area (Å²) < 4.78 is 0. The van der Waals surface area contributed by atoms with Crippen LogP contribution in [-0.4, -0.2) is 34.0 Å². The van der Waals surface area contributed by atoms with E-state index in [0.717, 1.165) is 30.9 Å². The predicted octanol–water partition coefficient (Wildman–Crippen LogP) is 2.39. The second-order valence-electron chi connectivity index (χ2n) is 4.65. The van der Waals surface area contributed by atoms with E-state index in [1.54, 1.807) is 11.3 Å². The number of aliphatic carboxylic acids is 1. The maximum Gasteiger partial charge on any atom is 0.303 e. The fourth-order valence-corrected chi connectivity index (χ4v) is 3.19. The molecule has 2 unspecified atom stereocenters. The smallest absolute Gasteiger partial charge is 0.303 e. The summed E-state index contributed by atoms with van der Waals surface area (Å²) in [6, 6.07) is 0.312. The lowest BCUT2D eigenvalue weighted by atomic mass is 9.94. The van der Waals surface area contributed by atoms with Crippen LogP contribution in [0.5, 0.6) is 0 Å². The first kappa shape index (κ1) is 12.5. The molecule has 2 heterocycles. The number of carboxylic acid groups (broad SMARTS) is 1. The molecule has 17 heavy (non-hydrogen) atoms. The number of aromatic nitrogens is 1. The minimum absolute atomic E-state index is 0.293. The Morgan fingerprint density at radius 1 is 1.76 bits per heavy atom. The van der Waals surface area contributed by atoms with Crippen LogP contribution in [0.25, 0.3) is 0 Å². The molecular weight excluding hydrogens is 236 g/mol. The van der Waals surface area contributed by atoms with Crippen LogP contribution in [0.1, 0.15) is 37.2 Å². The number of hydrogen-bond acceptors (Lipinski definition) is 4. The Balaban J connectivity index is 1.95. The lowest BCUT2D eigenvalue weighted by Crippen LogP contribution is -2.37. The zero-order valence-corrected chi connectivity index (χ0v) is 10.8. The summed E-state index contributed by atoms with van der Waals surface area (Å²) in [4.78, 5) is 17.4. The van der Waals surface area contributed by atoms with Gasteiger partial charge in [0.25, 0.3) is 0 Å². The van der Waals surface area contributed by atoms with Crippen LogP contribution in [0.3, 0.4) is 0 Å². The van der Waals surface area contributed by atoms with E-state index in [1.165, 1.54) is 0 Å². The molecule has 0 amide bonds. The zero-order valence-electron chi connectivity index (χ0n) is 10.0. The molecule has 0 aromatic carbocycles. The Labute approximate surface area is 105 Å². The van der Waals surface area contributed by atoms with E-state index in [9.17, 15) is 4.79 Å². The van der Waals surface area contributed by atoms with E-state index in [0.29, 0.717) is 18.4 Å². The number of carboxylic acids is 1. The maximum atomic E-state index is 10.7. The lowest BCUT2D eigenvalue weighted by Gasteiger charge is -2.35. The Bertz CT molecular complexity index is 367. The summed E-state index contributed by atoms with van der Waals surface area (Å²) >= 11 is 1.67. The third-order valence-electron chi connectivity index (χ3n) is 3.37. The summed E-state index contributed by atoms with van der Waals surface area (Å²) in [5.41, 5.74) is 0. The molecule has 1 aromatic heterocycles. The van der Waals surface area contributed by atoms with Crippen LogP contribution in [0.4, 0.5) is 0 Å². The van der Waals surface area contributed by atoms with Crippen LogP contribution in [0.2, 0.25) is 0 Å². The third kappa shape index (κ3) is 3.26. The van der Waals surface area contributed by atoms with Crippen molar-refractivity contribution in [2.75, 3.05) is 13.1 Å². The first-order valence-electron chi connectivity index (χ1n) is 6.02. The molecule has 0 spiro atoms. The number of rotatable bonds is 4. The number of thiazole rings is 1. The molecule has 5 heteroatoms. The van der Waals surface area contributed by atoms with E-state index in [2.05, 4.69) is 16.8 Å². The number of likely N-dealkylation sites (tertiary alicyclic amines) is 1. The summed E-state index contributed by atoms with van der Waals surface area (Å²) in [5, 5.41) is 12.0. The van der Waals surface area contributed by atoms with Crippen molar-refractivity contribution >= 4 is 17.3 Å². The van der Waals surface area contributed by atoms with Gasteiger partial charge in [-0.1, -0.05) is 0 Å². The van der Waals surface area contributed by atoms with Crippen LogP contribution in [0.15, 0.2) is 11.6 Å². The highest BCUT2D eigenvalue weighted by atomic mass is 32.1. The highest BCUT2D eigenvalue weighted by Crippen LogP contribution is 2.28. The third-order valence-corrected chi connectivity index (χ3v) is 4.32. The second-order valence-corrected chi connectivity index (χ2v) is 5.57. The van der Waals surface area contributed by atoms with Gasteiger partial charge in [0.1, 0.15) is 5.01 Å². The highest BCUT2D eigenvalue weighted by Gasteiger charge is 2.26. The topological polar surface area (TPSA) is 53.4 Å². The Morgan fingerprint density at radius 3 is 3.24 bits per heavy atom. The van der Waals surface area contributed by atoms with Crippen LogP contribution < -0.4 is 0 Å². The number of nitrogens with zero attached hydrogens (tertiary/aromatic N) is 2. The quantitative estimate of drug-likeness (QED) is 0.896. The van der Waals surface area contributed by atoms with Gasteiger partial charge in [-0.25, -0.2) is 4.98 Å². The average molecular weight is 254 g/mol. The van der Waals surface area contributed by atoms with Gasteiger partial charge in [0.05, 0.1) is 6.04 Å². The van der Waals surface area contributed by atoms with Gasteiger partial charge in [-0.2, -0.15) is 0 Å². The minimum atomic E-state index is -0.682. The molecule has 1 aromatic rings. The SMILES string of the molecule is CC(c1nccs1)N1CCCC(CC(=O)O)C1. The summed E-state index contributed by atoms with van der Waals surface area (Å²) in [5.74, 6) is -0.387. The van der Waals surface area contributed by atoms with Crippen molar-refractivity contribution in [1.29, 1.82) is 0 Å². The van der Waals surface area contributed by atoms with Crippen LogP contribution >= 0.6 is 11.3 Å². The molecule has 94 valence electrons.